The molecule has 0 fully saturated rings. The lowest BCUT2D eigenvalue weighted by Gasteiger charge is -2.14. The molecule has 1 unspecified atom stereocenters. The van der Waals surface area contributed by atoms with Crippen LogP contribution in [0.3, 0.4) is 0 Å². The normalized spacial score (nSPS) is 13.0. The highest BCUT2D eigenvalue weighted by Gasteiger charge is 2.21. The summed E-state index contributed by atoms with van der Waals surface area (Å²) in [5, 5.41) is 8.71. The molecule has 0 aliphatic carbocycles. The molecule has 12 heavy (non-hydrogen) atoms. The number of carboxylic acids is 1. The third-order valence-corrected chi connectivity index (χ3v) is 2.52. The summed E-state index contributed by atoms with van der Waals surface area (Å²) in [6.07, 6.45) is 0. The quantitative estimate of drug-likeness (QED) is 0.732. The summed E-state index contributed by atoms with van der Waals surface area (Å²) in [6.45, 7) is 5.14. The van der Waals surface area contributed by atoms with Crippen molar-refractivity contribution in [2.75, 3.05) is 5.75 Å². The van der Waals surface area contributed by atoms with Crippen LogP contribution < -0.4 is 0 Å². The average molecular weight is 190 g/mol. The Morgan fingerprint density at radius 2 is 1.92 bits per heavy atom. The van der Waals surface area contributed by atoms with Crippen LogP contribution in [0, 0.1) is 11.8 Å². The van der Waals surface area contributed by atoms with Crippen molar-refractivity contribution >= 4 is 22.8 Å². The summed E-state index contributed by atoms with van der Waals surface area (Å²) < 4.78 is 0. The predicted molar refractivity (Wildman–Crippen MR) is 49.1 cm³/mol. The van der Waals surface area contributed by atoms with Gasteiger partial charge >= 0.3 is 5.97 Å². The first-order chi connectivity index (χ1) is 5.45. The Bertz CT molecular complexity index is 177. The van der Waals surface area contributed by atoms with E-state index in [1.807, 2.05) is 13.8 Å². The van der Waals surface area contributed by atoms with Crippen LogP contribution >= 0.6 is 11.8 Å². The minimum atomic E-state index is -0.821. The van der Waals surface area contributed by atoms with E-state index in [2.05, 4.69) is 0 Å². The maximum atomic E-state index is 10.6. The Morgan fingerprint density at radius 1 is 1.42 bits per heavy atom. The van der Waals surface area contributed by atoms with E-state index in [1.165, 1.54) is 6.92 Å². The number of carboxylic acid groups (broad SMARTS) is 1. The van der Waals surface area contributed by atoms with Gasteiger partial charge in [0.15, 0.2) is 5.12 Å². The zero-order valence-electron chi connectivity index (χ0n) is 7.53. The number of hydrogen-bond acceptors (Lipinski definition) is 3. The summed E-state index contributed by atoms with van der Waals surface area (Å²) in [5.74, 6) is -0.783. The van der Waals surface area contributed by atoms with Gasteiger partial charge in [0.25, 0.3) is 0 Å². The Hall–Kier alpha value is -0.510. The maximum absolute atomic E-state index is 10.6. The van der Waals surface area contributed by atoms with Gasteiger partial charge in [-0.15, -0.1) is 0 Å². The van der Waals surface area contributed by atoms with Crippen LogP contribution in [0.5, 0.6) is 0 Å². The van der Waals surface area contributed by atoms with Crippen molar-refractivity contribution in [2.45, 2.75) is 20.8 Å². The van der Waals surface area contributed by atoms with Crippen LogP contribution in [0.15, 0.2) is 0 Å². The molecule has 70 valence electrons. The summed E-state index contributed by atoms with van der Waals surface area (Å²) in [5.41, 5.74) is 0. The lowest BCUT2D eigenvalue weighted by Crippen LogP contribution is -2.22. The van der Waals surface area contributed by atoms with Crippen molar-refractivity contribution in [2.24, 2.45) is 11.8 Å². The molecule has 0 saturated heterocycles. The number of carbonyl (C=O) groups is 2. The Labute approximate surface area is 76.5 Å². The lowest BCUT2D eigenvalue weighted by molar-refractivity contribution is -0.142. The van der Waals surface area contributed by atoms with Crippen LogP contribution in [0.1, 0.15) is 20.8 Å². The molecule has 1 N–H and O–H groups in total. The Kier molecular flexibility index (Phi) is 4.97. The lowest BCUT2D eigenvalue weighted by atomic mass is 9.98. The van der Waals surface area contributed by atoms with Crippen LogP contribution in [0.2, 0.25) is 0 Å². The fraction of sp³-hybridized carbons (Fsp3) is 0.750. The number of hydrogen-bond donors (Lipinski definition) is 1. The average Bonchev–Trinajstić information content (AvgIpc) is 1.84. The minimum absolute atomic E-state index is 0.0260. The smallest absolute Gasteiger partial charge is 0.307 e. The highest BCUT2D eigenvalue weighted by atomic mass is 32.2. The van der Waals surface area contributed by atoms with Gasteiger partial charge in [0.2, 0.25) is 0 Å². The molecule has 0 radical (unpaired) electrons. The van der Waals surface area contributed by atoms with Gasteiger partial charge < -0.3 is 5.11 Å². The molecule has 1 atom stereocenters. The molecule has 0 aliphatic heterocycles. The molecule has 3 nitrogen and oxygen atoms in total. The molecule has 0 amide bonds. The fourth-order valence-corrected chi connectivity index (χ4v) is 1.70. The molecule has 0 aromatic rings. The summed E-state index contributed by atoms with van der Waals surface area (Å²) in [6, 6.07) is 0. The van der Waals surface area contributed by atoms with Gasteiger partial charge in [-0.1, -0.05) is 25.6 Å². The van der Waals surface area contributed by atoms with E-state index in [9.17, 15) is 9.59 Å². The van der Waals surface area contributed by atoms with E-state index in [0.29, 0.717) is 5.75 Å². The number of rotatable bonds is 4. The van der Waals surface area contributed by atoms with Crippen molar-refractivity contribution in [1.29, 1.82) is 0 Å². The summed E-state index contributed by atoms with van der Waals surface area (Å²) in [4.78, 5) is 21.2. The molecule has 0 bridgehead atoms. The molecule has 0 spiro atoms. The van der Waals surface area contributed by atoms with E-state index >= 15 is 0 Å². The second-order valence-corrected chi connectivity index (χ2v) is 4.19. The van der Waals surface area contributed by atoms with Crippen LogP contribution in [-0.4, -0.2) is 21.9 Å². The zero-order chi connectivity index (χ0) is 9.72. The molecular formula is C8H14O3S. The molecule has 0 rings (SSSR count). The molecule has 0 aromatic heterocycles. The monoisotopic (exact) mass is 190 g/mol. The van der Waals surface area contributed by atoms with E-state index in [0.717, 1.165) is 11.8 Å². The predicted octanol–water partition coefficient (Wildman–Crippen LogP) is 1.62. The standard InChI is InChI=1S/C8H14O3S/c1-5(2)7(8(10)11)4-12-6(3)9/h5,7H,4H2,1-3H3,(H,10,11). The van der Waals surface area contributed by atoms with Crippen LogP contribution in [0.4, 0.5) is 0 Å². The second-order valence-electron chi connectivity index (χ2n) is 2.99. The number of carbonyl (C=O) groups excluding carboxylic acids is 1. The zero-order valence-corrected chi connectivity index (χ0v) is 8.35. The first-order valence-corrected chi connectivity index (χ1v) is 4.80. The van der Waals surface area contributed by atoms with E-state index < -0.39 is 11.9 Å². The Morgan fingerprint density at radius 3 is 2.17 bits per heavy atom. The van der Waals surface area contributed by atoms with Gasteiger partial charge in [-0.05, 0) is 5.92 Å². The maximum Gasteiger partial charge on any atom is 0.307 e. The second kappa shape index (κ2) is 5.19. The number of aliphatic carboxylic acids is 1. The highest BCUT2D eigenvalue weighted by molar-refractivity contribution is 8.13. The minimum Gasteiger partial charge on any atom is -0.481 e. The molecule has 0 heterocycles. The van der Waals surface area contributed by atoms with E-state index in [1.54, 1.807) is 0 Å². The topological polar surface area (TPSA) is 54.4 Å². The molecule has 0 aliphatic rings. The van der Waals surface area contributed by atoms with Crippen molar-refractivity contribution in [3.8, 4) is 0 Å². The van der Waals surface area contributed by atoms with Gasteiger partial charge in [0.1, 0.15) is 0 Å². The number of thioether (sulfide) groups is 1. The van der Waals surface area contributed by atoms with Gasteiger partial charge in [-0.3, -0.25) is 9.59 Å². The van der Waals surface area contributed by atoms with E-state index in [-0.39, 0.29) is 11.0 Å². The summed E-state index contributed by atoms with van der Waals surface area (Å²) in [7, 11) is 0. The third kappa shape index (κ3) is 4.38. The van der Waals surface area contributed by atoms with Gasteiger partial charge in [-0.25, -0.2) is 0 Å². The van der Waals surface area contributed by atoms with Crippen molar-refractivity contribution < 1.29 is 14.7 Å². The van der Waals surface area contributed by atoms with Gasteiger partial charge in [-0.2, -0.15) is 0 Å². The van der Waals surface area contributed by atoms with Crippen molar-refractivity contribution in [3.63, 3.8) is 0 Å². The fourth-order valence-electron chi connectivity index (χ4n) is 0.756. The van der Waals surface area contributed by atoms with Crippen LogP contribution in [0.25, 0.3) is 0 Å². The largest absolute Gasteiger partial charge is 0.481 e. The van der Waals surface area contributed by atoms with Crippen molar-refractivity contribution in [1.82, 2.24) is 0 Å². The third-order valence-electron chi connectivity index (χ3n) is 1.59. The molecule has 4 heteroatoms. The summed E-state index contributed by atoms with van der Waals surface area (Å²) >= 11 is 1.08. The van der Waals surface area contributed by atoms with Gasteiger partial charge in [0, 0.05) is 12.7 Å². The van der Waals surface area contributed by atoms with E-state index in [4.69, 9.17) is 5.11 Å². The molecule has 0 saturated carbocycles. The van der Waals surface area contributed by atoms with Crippen LogP contribution in [-0.2, 0) is 9.59 Å². The molecular weight excluding hydrogens is 176 g/mol. The first kappa shape index (κ1) is 11.5. The Balaban J connectivity index is 3.97. The highest BCUT2D eigenvalue weighted by Crippen LogP contribution is 2.17. The van der Waals surface area contributed by atoms with Crippen molar-refractivity contribution in [3.05, 3.63) is 0 Å². The molecule has 0 aromatic carbocycles. The SMILES string of the molecule is CC(=O)SCC(C(=O)O)C(C)C. The first-order valence-electron chi connectivity index (χ1n) is 3.81. The van der Waals surface area contributed by atoms with Gasteiger partial charge in [0.05, 0.1) is 5.92 Å².